The summed E-state index contributed by atoms with van der Waals surface area (Å²) in [6.07, 6.45) is 2.29. The Hall–Kier alpha value is -2.33. The Bertz CT molecular complexity index is 794. The van der Waals surface area contributed by atoms with Gasteiger partial charge in [0.15, 0.2) is 0 Å². The van der Waals surface area contributed by atoms with E-state index in [0.29, 0.717) is 24.4 Å². The van der Waals surface area contributed by atoms with Crippen molar-refractivity contribution in [3.8, 4) is 0 Å². The number of amides is 2. The molecular formula is C24H31ClN2O2. The second kappa shape index (κ2) is 11.6. The van der Waals surface area contributed by atoms with Gasteiger partial charge in [0, 0.05) is 17.6 Å². The molecule has 1 N–H and O–H groups in total. The summed E-state index contributed by atoms with van der Waals surface area (Å²) in [5, 5.41) is 3.60. The van der Waals surface area contributed by atoms with Crippen LogP contribution in [-0.4, -0.2) is 35.3 Å². The molecule has 2 amide bonds. The van der Waals surface area contributed by atoms with Crippen molar-refractivity contribution in [2.24, 2.45) is 0 Å². The van der Waals surface area contributed by atoms with Crippen LogP contribution in [0.4, 0.5) is 0 Å². The summed E-state index contributed by atoms with van der Waals surface area (Å²) < 4.78 is 0. The normalized spacial score (nSPS) is 12.8. The van der Waals surface area contributed by atoms with Crippen molar-refractivity contribution in [1.29, 1.82) is 0 Å². The van der Waals surface area contributed by atoms with Crippen LogP contribution in [0, 0.1) is 0 Å². The van der Waals surface area contributed by atoms with Crippen LogP contribution in [0.25, 0.3) is 0 Å². The number of nitrogens with one attached hydrogen (secondary N) is 1. The Morgan fingerprint density at radius 3 is 2.28 bits per heavy atom. The lowest BCUT2D eigenvalue weighted by molar-refractivity contribution is -0.140. The number of benzene rings is 2. The quantitative estimate of drug-likeness (QED) is 0.615. The SMILES string of the molecule is CC[C@H](C(=O)N[C@@H](C)CC)N(CCc1ccccc1)C(=O)Cc1ccccc1Cl. The van der Waals surface area contributed by atoms with Gasteiger partial charge in [0.25, 0.3) is 0 Å². The average Bonchev–Trinajstić information content (AvgIpc) is 2.73. The van der Waals surface area contributed by atoms with Crippen molar-refractivity contribution in [2.45, 2.75) is 58.5 Å². The molecule has 5 heteroatoms. The van der Waals surface area contributed by atoms with Gasteiger partial charge in [-0.05, 0) is 43.4 Å². The van der Waals surface area contributed by atoms with E-state index in [1.165, 1.54) is 0 Å². The molecule has 156 valence electrons. The molecule has 2 rings (SSSR count). The van der Waals surface area contributed by atoms with Gasteiger partial charge in [-0.3, -0.25) is 9.59 Å². The van der Waals surface area contributed by atoms with Crippen LogP contribution in [0.3, 0.4) is 0 Å². The van der Waals surface area contributed by atoms with Gasteiger partial charge in [-0.25, -0.2) is 0 Å². The number of halogens is 1. The van der Waals surface area contributed by atoms with Gasteiger partial charge < -0.3 is 10.2 Å². The van der Waals surface area contributed by atoms with Gasteiger partial charge in [0.1, 0.15) is 6.04 Å². The number of carbonyl (C=O) groups excluding carboxylic acids is 2. The van der Waals surface area contributed by atoms with Crippen LogP contribution in [0.2, 0.25) is 5.02 Å². The third kappa shape index (κ3) is 6.90. The number of nitrogens with zero attached hydrogens (tertiary/aromatic N) is 1. The third-order valence-corrected chi connectivity index (χ3v) is 5.54. The fraction of sp³-hybridized carbons (Fsp3) is 0.417. The minimum Gasteiger partial charge on any atom is -0.352 e. The predicted molar refractivity (Wildman–Crippen MR) is 119 cm³/mol. The lowest BCUT2D eigenvalue weighted by Gasteiger charge is -2.31. The van der Waals surface area contributed by atoms with Crippen LogP contribution >= 0.6 is 11.6 Å². The van der Waals surface area contributed by atoms with Crippen LogP contribution in [0.15, 0.2) is 54.6 Å². The van der Waals surface area contributed by atoms with Gasteiger partial charge in [-0.1, -0.05) is 74.0 Å². The molecule has 0 saturated heterocycles. The Balaban J connectivity index is 2.21. The first-order valence-electron chi connectivity index (χ1n) is 10.3. The Labute approximate surface area is 179 Å². The molecule has 0 spiro atoms. The first-order chi connectivity index (χ1) is 14.0. The molecule has 4 nitrogen and oxygen atoms in total. The van der Waals surface area contributed by atoms with Crippen molar-refractivity contribution in [3.63, 3.8) is 0 Å². The number of rotatable bonds is 10. The molecule has 0 fully saturated rings. The number of hydrogen-bond donors (Lipinski definition) is 1. The molecular weight excluding hydrogens is 384 g/mol. The molecule has 0 heterocycles. The number of carbonyl (C=O) groups is 2. The van der Waals surface area contributed by atoms with E-state index in [9.17, 15) is 9.59 Å². The number of hydrogen-bond acceptors (Lipinski definition) is 2. The lowest BCUT2D eigenvalue weighted by atomic mass is 10.1. The second-order valence-corrected chi connectivity index (χ2v) is 7.74. The summed E-state index contributed by atoms with van der Waals surface area (Å²) in [6.45, 7) is 6.44. The molecule has 2 atom stereocenters. The summed E-state index contributed by atoms with van der Waals surface area (Å²) in [5.74, 6) is -0.178. The fourth-order valence-electron chi connectivity index (χ4n) is 3.24. The van der Waals surface area contributed by atoms with Crippen LogP contribution in [0.1, 0.15) is 44.7 Å². The maximum Gasteiger partial charge on any atom is 0.243 e. The highest BCUT2D eigenvalue weighted by Crippen LogP contribution is 2.18. The van der Waals surface area contributed by atoms with E-state index in [4.69, 9.17) is 11.6 Å². The van der Waals surface area contributed by atoms with Crippen molar-refractivity contribution < 1.29 is 9.59 Å². The van der Waals surface area contributed by atoms with E-state index in [2.05, 4.69) is 5.32 Å². The fourth-order valence-corrected chi connectivity index (χ4v) is 3.45. The zero-order valence-corrected chi connectivity index (χ0v) is 18.3. The lowest BCUT2D eigenvalue weighted by Crippen LogP contribution is -2.52. The minimum absolute atomic E-state index is 0.0752. The Morgan fingerprint density at radius 1 is 1.00 bits per heavy atom. The van der Waals surface area contributed by atoms with Gasteiger partial charge in [0.05, 0.1) is 6.42 Å². The van der Waals surface area contributed by atoms with Crippen molar-refractivity contribution >= 4 is 23.4 Å². The summed E-state index contributed by atoms with van der Waals surface area (Å²) >= 11 is 6.26. The summed E-state index contributed by atoms with van der Waals surface area (Å²) in [6, 6.07) is 16.9. The molecule has 2 aromatic rings. The van der Waals surface area contributed by atoms with Crippen molar-refractivity contribution in [2.75, 3.05) is 6.54 Å². The second-order valence-electron chi connectivity index (χ2n) is 7.33. The van der Waals surface area contributed by atoms with Crippen molar-refractivity contribution in [1.82, 2.24) is 10.2 Å². The van der Waals surface area contributed by atoms with Crippen molar-refractivity contribution in [3.05, 3.63) is 70.7 Å². The van der Waals surface area contributed by atoms with Gasteiger partial charge in [-0.15, -0.1) is 0 Å². The first-order valence-corrected chi connectivity index (χ1v) is 10.7. The molecule has 0 bridgehead atoms. The first kappa shape index (κ1) is 23.0. The van der Waals surface area contributed by atoms with E-state index in [0.717, 1.165) is 17.5 Å². The van der Waals surface area contributed by atoms with E-state index >= 15 is 0 Å². The molecule has 0 unspecified atom stereocenters. The summed E-state index contributed by atoms with van der Waals surface area (Å²) in [4.78, 5) is 27.8. The topological polar surface area (TPSA) is 49.4 Å². The average molecular weight is 415 g/mol. The van der Waals surface area contributed by atoms with Gasteiger partial charge in [-0.2, -0.15) is 0 Å². The molecule has 0 saturated carbocycles. The molecule has 2 aromatic carbocycles. The van der Waals surface area contributed by atoms with E-state index in [-0.39, 0.29) is 24.3 Å². The van der Waals surface area contributed by atoms with E-state index in [1.807, 2.05) is 69.3 Å². The smallest absolute Gasteiger partial charge is 0.243 e. The highest BCUT2D eigenvalue weighted by Gasteiger charge is 2.29. The molecule has 29 heavy (non-hydrogen) atoms. The minimum atomic E-state index is -0.498. The van der Waals surface area contributed by atoms with Gasteiger partial charge >= 0.3 is 0 Å². The monoisotopic (exact) mass is 414 g/mol. The molecule has 0 aliphatic rings. The summed E-state index contributed by atoms with van der Waals surface area (Å²) in [5.41, 5.74) is 1.92. The van der Waals surface area contributed by atoms with E-state index in [1.54, 1.807) is 11.0 Å². The summed E-state index contributed by atoms with van der Waals surface area (Å²) in [7, 11) is 0. The standard InChI is InChI=1S/C24H31ClN2O2/c1-4-18(3)26-24(29)22(5-2)27(16-15-19-11-7-6-8-12-19)23(28)17-20-13-9-10-14-21(20)25/h6-14,18,22H,4-5,15-17H2,1-3H3,(H,26,29)/t18-,22+/m0/s1. The molecule has 0 radical (unpaired) electrons. The highest BCUT2D eigenvalue weighted by molar-refractivity contribution is 6.31. The zero-order valence-electron chi connectivity index (χ0n) is 17.5. The molecule has 0 aliphatic heterocycles. The highest BCUT2D eigenvalue weighted by atomic mass is 35.5. The largest absolute Gasteiger partial charge is 0.352 e. The van der Waals surface area contributed by atoms with Crippen LogP contribution in [0.5, 0.6) is 0 Å². The third-order valence-electron chi connectivity index (χ3n) is 5.17. The molecule has 0 aromatic heterocycles. The Kier molecular flexibility index (Phi) is 9.20. The van der Waals surface area contributed by atoms with Gasteiger partial charge in [0.2, 0.25) is 11.8 Å². The maximum atomic E-state index is 13.2. The van der Waals surface area contributed by atoms with Crippen LogP contribution in [-0.2, 0) is 22.4 Å². The predicted octanol–water partition coefficient (Wildman–Crippen LogP) is 4.65. The molecule has 0 aliphatic carbocycles. The zero-order chi connectivity index (χ0) is 21.2. The van der Waals surface area contributed by atoms with E-state index < -0.39 is 6.04 Å². The maximum absolute atomic E-state index is 13.2. The Morgan fingerprint density at radius 2 is 1.66 bits per heavy atom. The van der Waals surface area contributed by atoms with Crippen LogP contribution < -0.4 is 5.32 Å².